The van der Waals surface area contributed by atoms with Crippen molar-refractivity contribution in [2.24, 2.45) is 5.92 Å². The highest BCUT2D eigenvalue weighted by atomic mass is 14.3. The lowest BCUT2D eigenvalue weighted by molar-refractivity contribution is 0.308. The summed E-state index contributed by atoms with van der Waals surface area (Å²) in [5.41, 5.74) is 4.63. The zero-order valence-corrected chi connectivity index (χ0v) is 14.0. The van der Waals surface area contributed by atoms with Gasteiger partial charge in [-0.05, 0) is 66.3 Å². The van der Waals surface area contributed by atoms with Crippen LogP contribution in [0.1, 0.15) is 62.5 Å². The van der Waals surface area contributed by atoms with E-state index in [-0.39, 0.29) is 0 Å². The molecule has 0 aromatic heterocycles. The molecule has 0 spiro atoms. The smallest absolute Gasteiger partial charge is 0.0991 e. The van der Waals surface area contributed by atoms with E-state index < -0.39 is 0 Å². The fourth-order valence-corrected chi connectivity index (χ4v) is 3.88. The van der Waals surface area contributed by atoms with Crippen LogP contribution in [0.25, 0.3) is 11.1 Å². The highest BCUT2D eigenvalue weighted by Crippen LogP contribution is 2.37. The molecule has 2 aromatic carbocycles. The molecule has 0 radical (unpaired) electrons. The van der Waals surface area contributed by atoms with E-state index in [2.05, 4.69) is 37.3 Å². The number of rotatable bonds is 4. The van der Waals surface area contributed by atoms with Crippen LogP contribution in [0.4, 0.5) is 0 Å². The number of hydrogen-bond acceptors (Lipinski definition) is 1. The zero-order valence-electron chi connectivity index (χ0n) is 14.0. The van der Waals surface area contributed by atoms with E-state index in [1.807, 2.05) is 24.3 Å². The van der Waals surface area contributed by atoms with Crippen LogP contribution in [0.2, 0.25) is 0 Å². The van der Waals surface area contributed by atoms with Gasteiger partial charge in [-0.2, -0.15) is 5.26 Å². The molecule has 3 rings (SSSR count). The van der Waals surface area contributed by atoms with Gasteiger partial charge < -0.3 is 0 Å². The molecule has 1 heteroatoms. The van der Waals surface area contributed by atoms with Crippen LogP contribution < -0.4 is 0 Å². The van der Waals surface area contributed by atoms with Crippen molar-refractivity contribution in [2.75, 3.05) is 0 Å². The minimum Gasteiger partial charge on any atom is -0.192 e. The Kier molecular flexibility index (Phi) is 5.13. The Morgan fingerprint density at radius 3 is 1.96 bits per heavy atom. The van der Waals surface area contributed by atoms with Gasteiger partial charge in [-0.3, -0.25) is 0 Å². The monoisotopic (exact) mass is 303 g/mol. The molecule has 0 N–H and O–H groups in total. The fraction of sp³-hybridized carbons (Fsp3) is 0.409. The first-order valence-electron chi connectivity index (χ1n) is 8.90. The van der Waals surface area contributed by atoms with Crippen LogP contribution in [0.15, 0.2) is 48.5 Å². The van der Waals surface area contributed by atoms with E-state index >= 15 is 0 Å². The summed E-state index contributed by atoms with van der Waals surface area (Å²) in [4.78, 5) is 0. The third-order valence-corrected chi connectivity index (χ3v) is 5.27. The van der Waals surface area contributed by atoms with E-state index in [9.17, 15) is 0 Å². The van der Waals surface area contributed by atoms with Crippen molar-refractivity contribution in [3.63, 3.8) is 0 Å². The molecule has 1 saturated carbocycles. The quantitative estimate of drug-likeness (QED) is 0.650. The predicted octanol–water partition coefficient (Wildman–Crippen LogP) is 6.30. The van der Waals surface area contributed by atoms with Crippen molar-refractivity contribution in [3.8, 4) is 17.2 Å². The van der Waals surface area contributed by atoms with E-state index in [4.69, 9.17) is 5.26 Å². The third kappa shape index (κ3) is 3.82. The normalized spacial score (nSPS) is 20.9. The molecule has 1 aliphatic carbocycles. The Labute approximate surface area is 140 Å². The van der Waals surface area contributed by atoms with Gasteiger partial charge in [-0.15, -0.1) is 0 Å². The second-order valence-electron chi connectivity index (χ2n) is 6.82. The first-order valence-corrected chi connectivity index (χ1v) is 8.90. The molecule has 118 valence electrons. The van der Waals surface area contributed by atoms with Crippen molar-refractivity contribution < 1.29 is 0 Å². The van der Waals surface area contributed by atoms with Gasteiger partial charge in [0.05, 0.1) is 11.6 Å². The topological polar surface area (TPSA) is 23.8 Å². The molecule has 0 amide bonds. The lowest BCUT2D eigenvalue weighted by Gasteiger charge is -2.28. The summed E-state index contributed by atoms with van der Waals surface area (Å²) in [7, 11) is 0. The van der Waals surface area contributed by atoms with Gasteiger partial charge in [0, 0.05) is 0 Å². The maximum absolute atomic E-state index is 8.88. The highest BCUT2D eigenvalue weighted by Gasteiger charge is 2.21. The van der Waals surface area contributed by atoms with Crippen LogP contribution in [0.5, 0.6) is 0 Å². The summed E-state index contributed by atoms with van der Waals surface area (Å²) in [6, 6.07) is 19.1. The average molecular weight is 303 g/mol. The first kappa shape index (κ1) is 15.8. The van der Waals surface area contributed by atoms with Crippen molar-refractivity contribution in [2.45, 2.75) is 51.4 Å². The minimum absolute atomic E-state index is 0.717. The molecule has 0 aliphatic heterocycles. The fourth-order valence-electron chi connectivity index (χ4n) is 3.88. The molecular formula is C22H25N. The molecule has 23 heavy (non-hydrogen) atoms. The molecule has 2 aromatic rings. The van der Waals surface area contributed by atoms with Crippen LogP contribution in [0.3, 0.4) is 0 Å². The predicted molar refractivity (Wildman–Crippen MR) is 96.2 cm³/mol. The summed E-state index contributed by atoms with van der Waals surface area (Å²) in [5.74, 6) is 1.72. The Morgan fingerprint density at radius 2 is 1.43 bits per heavy atom. The van der Waals surface area contributed by atoms with Crippen LogP contribution >= 0.6 is 0 Å². The van der Waals surface area contributed by atoms with Gasteiger partial charge in [0.15, 0.2) is 0 Å². The summed E-state index contributed by atoms with van der Waals surface area (Å²) < 4.78 is 0. The SMILES string of the molecule is CCC[C@H]1CC[C@@H](c2ccc(-c3ccc(C#N)cc3)cc2)CC1. The third-order valence-electron chi connectivity index (χ3n) is 5.27. The van der Waals surface area contributed by atoms with Crippen molar-refractivity contribution in [3.05, 3.63) is 59.7 Å². The van der Waals surface area contributed by atoms with Crippen molar-refractivity contribution >= 4 is 0 Å². The number of hydrogen-bond donors (Lipinski definition) is 0. The van der Waals surface area contributed by atoms with Crippen LogP contribution in [0, 0.1) is 17.2 Å². The van der Waals surface area contributed by atoms with Gasteiger partial charge in [-0.25, -0.2) is 0 Å². The second kappa shape index (κ2) is 7.47. The summed E-state index contributed by atoms with van der Waals surface area (Å²) >= 11 is 0. The van der Waals surface area contributed by atoms with Crippen LogP contribution in [-0.4, -0.2) is 0 Å². The largest absolute Gasteiger partial charge is 0.192 e. The highest BCUT2D eigenvalue weighted by molar-refractivity contribution is 5.64. The molecule has 0 unspecified atom stereocenters. The molecule has 1 fully saturated rings. The Bertz CT molecular complexity index is 653. The molecule has 0 atom stereocenters. The van der Waals surface area contributed by atoms with Gasteiger partial charge >= 0.3 is 0 Å². The Morgan fingerprint density at radius 1 is 0.870 bits per heavy atom. The zero-order chi connectivity index (χ0) is 16.1. The number of nitrogens with zero attached hydrogens (tertiary/aromatic N) is 1. The van der Waals surface area contributed by atoms with Gasteiger partial charge in [0.1, 0.15) is 0 Å². The first-order chi connectivity index (χ1) is 11.3. The van der Waals surface area contributed by atoms with E-state index in [1.165, 1.54) is 55.2 Å². The minimum atomic E-state index is 0.717. The second-order valence-corrected chi connectivity index (χ2v) is 6.82. The lowest BCUT2D eigenvalue weighted by Crippen LogP contribution is -2.13. The Balaban J connectivity index is 1.66. The van der Waals surface area contributed by atoms with E-state index in [0.717, 1.165) is 11.8 Å². The van der Waals surface area contributed by atoms with E-state index in [0.29, 0.717) is 5.56 Å². The number of nitriles is 1. The van der Waals surface area contributed by atoms with Gasteiger partial charge in [0.2, 0.25) is 0 Å². The van der Waals surface area contributed by atoms with Gasteiger partial charge in [0.25, 0.3) is 0 Å². The summed E-state index contributed by atoms with van der Waals surface area (Å²) in [5, 5.41) is 8.88. The van der Waals surface area contributed by atoms with Crippen molar-refractivity contribution in [1.82, 2.24) is 0 Å². The van der Waals surface area contributed by atoms with Gasteiger partial charge in [-0.1, -0.05) is 56.2 Å². The molecule has 0 heterocycles. The lowest BCUT2D eigenvalue weighted by atomic mass is 9.77. The summed E-state index contributed by atoms with van der Waals surface area (Å²) in [6.07, 6.45) is 8.23. The Hall–Kier alpha value is -2.07. The summed E-state index contributed by atoms with van der Waals surface area (Å²) in [6.45, 7) is 2.30. The molecular weight excluding hydrogens is 278 g/mol. The average Bonchev–Trinajstić information content (AvgIpc) is 2.63. The van der Waals surface area contributed by atoms with Crippen molar-refractivity contribution in [1.29, 1.82) is 5.26 Å². The molecule has 0 bridgehead atoms. The number of benzene rings is 2. The maximum Gasteiger partial charge on any atom is 0.0991 e. The van der Waals surface area contributed by atoms with Crippen LogP contribution in [-0.2, 0) is 0 Å². The van der Waals surface area contributed by atoms with E-state index in [1.54, 1.807) is 0 Å². The molecule has 0 saturated heterocycles. The molecule has 1 aliphatic rings. The maximum atomic E-state index is 8.88. The standard InChI is InChI=1S/C22H25N/c1-2-3-17-4-8-19(9-5-17)21-12-14-22(15-13-21)20-10-6-18(16-23)7-11-20/h6-7,10-15,17,19H,2-5,8-9H2,1H3/t17-,19+. The molecule has 1 nitrogen and oxygen atoms in total.